The lowest BCUT2D eigenvalue weighted by Gasteiger charge is -2.05. The van der Waals surface area contributed by atoms with E-state index in [1.165, 1.54) is 6.20 Å². The summed E-state index contributed by atoms with van der Waals surface area (Å²) >= 11 is 2.20. The first-order valence-electron chi connectivity index (χ1n) is 4.98. The van der Waals surface area contributed by atoms with E-state index in [-0.39, 0.29) is 0 Å². The molecule has 88 valence electrons. The number of halogens is 1. The summed E-state index contributed by atoms with van der Waals surface area (Å²) in [6, 6.07) is 12.7. The Hall–Kier alpha value is -0.950. The van der Waals surface area contributed by atoms with Gasteiger partial charge in [0.05, 0.1) is 5.75 Å². The summed E-state index contributed by atoms with van der Waals surface area (Å²) < 4.78 is 13.8. The molecule has 0 spiro atoms. The van der Waals surface area contributed by atoms with Crippen LogP contribution in [0.15, 0.2) is 53.7 Å². The molecule has 3 nitrogen and oxygen atoms in total. The van der Waals surface area contributed by atoms with Crippen LogP contribution in [0.25, 0.3) is 0 Å². The highest BCUT2D eigenvalue weighted by Gasteiger charge is 2.14. The predicted molar refractivity (Wildman–Crippen MR) is 74.7 cm³/mol. The second-order valence-corrected chi connectivity index (χ2v) is 6.01. The van der Waals surface area contributed by atoms with E-state index in [4.69, 9.17) is 0 Å². The minimum atomic E-state index is -1.31. The quantitative estimate of drug-likeness (QED) is 0.479. The highest BCUT2D eigenvalue weighted by atomic mass is 127. The maximum atomic E-state index is 12.1. The van der Waals surface area contributed by atoms with Gasteiger partial charge in [0, 0.05) is 15.7 Å². The van der Waals surface area contributed by atoms with Crippen LogP contribution in [0, 0.1) is 8.78 Å². The average molecular weight is 359 g/mol. The van der Waals surface area contributed by atoms with E-state index >= 15 is 0 Å². The van der Waals surface area contributed by atoms with E-state index in [2.05, 4.69) is 22.6 Å². The Morgan fingerprint density at radius 3 is 2.59 bits per heavy atom. The minimum Gasteiger partial charge on any atom is -0.618 e. The molecule has 1 unspecified atom stereocenters. The number of rotatable bonds is 3. The van der Waals surface area contributed by atoms with Crippen LogP contribution in [0.2, 0.25) is 0 Å². The van der Waals surface area contributed by atoms with Crippen molar-refractivity contribution in [1.29, 1.82) is 0 Å². The van der Waals surface area contributed by atoms with Crippen LogP contribution >= 0.6 is 22.6 Å². The lowest BCUT2D eigenvalue weighted by Crippen LogP contribution is -2.31. The summed E-state index contributed by atoms with van der Waals surface area (Å²) in [6.07, 6.45) is 1.36. The van der Waals surface area contributed by atoms with Crippen LogP contribution < -0.4 is 4.73 Å². The molecule has 0 bridgehead atoms. The molecule has 1 heterocycles. The molecule has 0 aliphatic rings. The molecule has 0 aliphatic heterocycles. The van der Waals surface area contributed by atoms with Crippen molar-refractivity contribution in [3.63, 3.8) is 0 Å². The van der Waals surface area contributed by atoms with E-state index in [0.29, 0.717) is 15.5 Å². The third-order valence-electron chi connectivity index (χ3n) is 2.27. The third-order valence-corrected chi connectivity index (χ3v) is 4.67. The largest absolute Gasteiger partial charge is 0.618 e. The molecule has 0 radical (unpaired) electrons. The summed E-state index contributed by atoms with van der Waals surface area (Å²) in [6.45, 7) is 0. The summed E-state index contributed by atoms with van der Waals surface area (Å²) in [5, 5.41) is 11.8. The van der Waals surface area contributed by atoms with Gasteiger partial charge in [0.15, 0.2) is 6.20 Å². The van der Waals surface area contributed by atoms with E-state index in [0.717, 1.165) is 9.13 Å². The fourth-order valence-corrected chi connectivity index (χ4v) is 3.43. The summed E-state index contributed by atoms with van der Waals surface area (Å²) in [5.41, 5.74) is 0.996. The second kappa shape index (κ2) is 5.59. The van der Waals surface area contributed by atoms with Crippen molar-refractivity contribution < 1.29 is 8.94 Å². The van der Waals surface area contributed by atoms with Crippen LogP contribution in [-0.4, -0.2) is 4.21 Å². The van der Waals surface area contributed by atoms with Crippen LogP contribution in [0.3, 0.4) is 0 Å². The van der Waals surface area contributed by atoms with Gasteiger partial charge in [0.2, 0.25) is 0 Å². The highest BCUT2D eigenvalue weighted by Crippen LogP contribution is 2.15. The Labute approximate surface area is 116 Å². The first-order chi connectivity index (χ1) is 8.18. The van der Waals surface area contributed by atoms with E-state index in [1.807, 2.05) is 24.3 Å². The van der Waals surface area contributed by atoms with Gasteiger partial charge >= 0.3 is 0 Å². The number of pyridine rings is 1. The fraction of sp³-hybridized carbons (Fsp3) is 0.0833. The molecule has 0 N–H and O–H groups in total. The van der Waals surface area contributed by atoms with Crippen molar-refractivity contribution in [2.24, 2.45) is 0 Å². The maximum absolute atomic E-state index is 12.1. The van der Waals surface area contributed by atoms with E-state index in [1.54, 1.807) is 18.2 Å². The summed E-state index contributed by atoms with van der Waals surface area (Å²) in [7, 11) is -1.31. The molecule has 1 aromatic heterocycles. The van der Waals surface area contributed by atoms with Gasteiger partial charge in [-0.3, -0.25) is 0 Å². The molecule has 2 aromatic rings. The number of hydrogen-bond acceptors (Lipinski definition) is 2. The maximum Gasteiger partial charge on any atom is 0.281 e. The molecular formula is C12H10INO2S. The molecule has 1 aromatic carbocycles. The minimum absolute atomic E-state index is 0.298. The summed E-state index contributed by atoms with van der Waals surface area (Å²) in [4.78, 5) is 0. The first kappa shape index (κ1) is 12.5. The highest BCUT2D eigenvalue weighted by molar-refractivity contribution is 14.1. The Kier molecular flexibility index (Phi) is 4.11. The van der Waals surface area contributed by atoms with Gasteiger partial charge in [0.1, 0.15) is 10.8 Å². The smallest absolute Gasteiger partial charge is 0.281 e. The number of aromatic nitrogens is 1. The van der Waals surface area contributed by atoms with Gasteiger partial charge in [-0.05, 0) is 40.3 Å². The van der Waals surface area contributed by atoms with Crippen molar-refractivity contribution in [2.45, 2.75) is 10.8 Å². The standard InChI is InChI=1S/C12H10INO2S/c13-11-6-2-1-5-10(11)9-17(16)12-7-3-4-8-14(12)15/h1-8H,9H2. The molecule has 2 rings (SSSR count). The summed E-state index contributed by atoms with van der Waals surface area (Å²) in [5.74, 6) is 0.366. The zero-order valence-electron chi connectivity index (χ0n) is 8.88. The lowest BCUT2D eigenvalue weighted by atomic mass is 10.2. The monoisotopic (exact) mass is 359 g/mol. The van der Waals surface area contributed by atoms with E-state index < -0.39 is 10.8 Å². The molecule has 5 heteroatoms. The topological polar surface area (TPSA) is 44.0 Å². The van der Waals surface area contributed by atoms with Crippen LogP contribution in [0.1, 0.15) is 5.56 Å². The predicted octanol–water partition coefficient (Wildman–Crippen LogP) is 2.23. The first-order valence-corrected chi connectivity index (χ1v) is 7.38. The van der Waals surface area contributed by atoms with Crippen molar-refractivity contribution in [1.82, 2.24) is 0 Å². The molecule has 0 saturated heterocycles. The van der Waals surface area contributed by atoms with Crippen molar-refractivity contribution in [2.75, 3.05) is 0 Å². The normalized spacial score (nSPS) is 12.3. The van der Waals surface area contributed by atoms with Crippen molar-refractivity contribution in [3.8, 4) is 0 Å². The Bertz CT molecular complexity index is 560. The van der Waals surface area contributed by atoms with Gasteiger partial charge in [-0.2, -0.15) is 4.73 Å². The van der Waals surface area contributed by atoms with Crippen LogP contribution in [0.4, 0.5) is 0 Å². The van der Waals surface area contributed by atoms with Gasteiger partial charge in [-0.1, -0.05) is 18.2 Å². The molecule has 0 saturated carbocycles. The Balaban J connectivity index is 2.24. The van der Waals surface area contributed by atoms with Gasteiger partial charge in [-0.25, -0.2) is 4.21 Å². The third kappa shape index (κ3) is 3.04. The molecule has 1 atom stereocenters. The number of hydrogen-bond donors (Lipinski definition) is 0. The van der Waals surface area contributed by atoms with Crippen molar-refractivity contribution in [3.05, 3.63) is 63.0 Å². The van der Waals surface area contributed by atoms with Crippen LogP contribution in [-0.2, 0) is 16.6 Å². The fourth-order valence-electron chi connectivity index (χ4n) is 1.42. The molecule has 0 fully saturated rings. The SMILES string of the molecule is O=S(Cc1ccccc1I)c1cccc[n+]1[O-]. The second-order valence-electron chi connectivity index (χ2n) is 3.45. The average Bonchev–Trinajstić information content (AvgIpc) is 2.32. The Morgan fingerprint density at radius 1 is 1.18 bits per heavy atom. The Morgan fingerprint density at radius 2 is 1.88 bits per heavy atom. The zero-order chi connectivity index (χ0) is 12.3. The lowest BCUT2D eigenvalue weighted by molar-refractivity contribution is -0.646. The van der Waals surface area contributed by atoms with Gasteiger partial charge in [-0.15, -0.1) is 0 Å². The van der Waals surface area contributed by atoms with E-state index in [9.17, 15) is 9.42 Å². The number of nitrogens with zero attached hydrogens (tertiary/aromatic N) is 1. The molecule has 17 heavy (non-hydrogen) atoms. The van der Waals surface area contributed by atoms with Crippen LogP contribution in [0.5, 0.6) is 0 Å². The van der Waals surface area contributed by atoms with Crippen molar-refractivity contribution >= 4 is 33.4 Å². The number of benzene rings is 1. The molecule has 0 aliphatic carbocycles. The van der Waals surface area contributed by atoms with Gasteiger partial charge in [0.25, 0.3) is 5.03 Å². The zero-order valence-corrected chi connectivity index (χ0v) is 11.8. The molecular weight excluding hydrogens is 349 g/mol. The van der Waals surface area contributed by atoms with Gasteiger partial charge < -0.3 is 5.21 Å². The molecule has 0 amide bonds.